The van der Waals surface area contributed by atoms with Crippen LogP contribution in [0.3, 0.4) is 0 Å². The standard InChI is InChI=1S/C16H14FN5OS2/c17-9-3-5-22(6-4-9)14-13-11(18-8-19-14)2-1-10(20-13)7-12-15(23)21-16(24)25-12/h1-2,7-9H,3-6H2,(H,21,23,24)/b12-7+. The number of halogens is 1. The lowest BCUT2D eigenvalue weighted by molar-refractivity contribution is -0.115. The molecule has 0 aliphatic carbocycles. The molecule has 2 aliphatic rings. The van der Waals surface area contributed by atoms with E-state index in [-0.39, 0.29) is 5.91 Å². The third-order valence-corrected chi connectivity index (χ3v) is 5.29. The molecule has 0 bridgehead atoms. The number of nitrogens with zero attached hydrogens (tertiary/aromatic N) is 4. The van der Waals surface area contributed by atoms with Gasteiger partial charge in [0.15, 0.2) is 5.82 Å². The quantitative estimate of drug-likeness (QED) is 0.639. The summed E-state index contributed by atoms with van der Waals surface area (Å²) in [7, 11) is 0. The monoisotopic (exact) mass is 375 g/mol. The van der Waals surface area contributed by atoms with E-state index < -0.39 is 6.17 Å². The number of anilines is 1. The molecule has 2 fully saturated rings. The van der Waals surface area contributed by atoms with Gasteiger partial charge in [0.1, 0.15) is 22.3 Å². The lowest BCUT2D eigenvalue weighted by atomic mass is 10.1. The molecule has 1 N–H and O–H groups in total. The molecule has 2 saturated heterocycles. The zero-order valence-corrected chi connectivity index (χ0v) is 14.7. The second-order valence-electron chi connectivity index (χ2n) is 5.82. The second-order valence-corrected chi connectivity index (χ2v) is 7.53. The number of thiocarbonyl (C=S) groups is 1. The van der Waals surface area contributed by atoms with Crippen molar-refractivity contribution in [3.63, 3.8) is 0 Å². The highest BCUT2D eigenvalue weighted by atomic mass is 32.2. The van der Waals surface area contributed by atoms with Crippen molar-refractivity contribution in [2.75, 3.05) is 18.0 Å². The minimum Gasteiger partial charge on any atom is -0.354 e. The van der Waals surface area contributed by atoms with Crippen LogP contribution in [0, 0.1) is 0 Å². The van der Waals surface area contributed by atoms with Gasteiger partial charge < -0.3 is 10.2 Å². The number of rotatable bonds is 2. The van der Waals surface area contributed by atoms with Crippen LogP contribution >= 0.6 is 24.0 Å². The minimum absolute atomic E-state index is 0.216. The SMILES string of the molecule is O=C1NC(=S)S/C1=C/c1ccc2ncnc(N3CCC(F)CC3)c2n1. The molecule has 128 valence electrons. The first-order valence-corrected chi connectivity index (χ1v) is 9.08. The number of alkyl halides is 1. The van der Waals surface area contributed by atoms with E-state index in [0.29, 0.717) is 57.7 Å². The van der Waals surface area contributed by atoms with Crippen LogP contribution in [-0.2, 0) is 4.79 Å². The third kappa shape index (κ3) is 3.34. The van der Waals surface area contributed by atoms with Gasteiger partial charge in [0.2, 0.25) is 0 Å². The Bertz CT molecular complexity index is 895. The molecule has 25 heavy (non-hydrogen) atoms. The maximum atomic E-state index is 13.4. The van der Waals surface area contributed by atoms with Crippen LogP contribution in [0.4, 0.5) is 10.2 Å². The van der Waals surface area contributed by atoms with Crippen molar-refractivity contribution >= 4 is 57.1 Å². The fourth-order valence-electron chi connectivity index (χ4n) is 2.87. The molecule has 0 aromatic carbocycles. The zero-order valence-electron chi connectivity index (χ0n) is 13.1. The van der Waals surface area contributed by atoms with Crippen LogP contribution in [0.15, 0.2) is 23.4 Å². The number of carbonyl (C=O) groups is 1. The van der Waals surface area contributed by atoms with Gasteiger partial charge in [-0.25, -0.2) is 19.3 Å². The number of amides is 1. The fraction of sp³-hybridized carbons (Fsp3) is 0.312. The Labute approximate surface area is 152 Å². The number of hydrogen-bond donors (Lipinski definition) is 1. The maximum absolute atomic E-state index is 13.4. The first-order chi connectivity index (χ1) is 12.1. The summed E-state index contributed by atoms with van der Waals surface area (Å²) >= 11 is 6.21. The van der Waals surface area contributed by atoms with E-state index in [1.807, 2.05) is 11.0 Å². The van der Waals surface area contributed by atoms with Gasteiger partial charge in [0.25, 0.3) is 5.91 Å². The summed E-state index contributed by atoms with van der Waals surface area (Å²) in [6.45, 7) is 1.21. The molecule has 4 heterocycles. The van der Waals surface area contributed by atoms with Gasteiger partial charge >= 0.3 is 0 Å². The van der Waals surface area contributed by atoms with Gasteiger partial charge in [0, 0.05) is 13.1 Å². The minimum atomic E-state index is -0.751. The van der Waals surface area contributed by atoms with Crippen molar-refractivity contribution in [1.82, 2.24) is 20.3 Å². The normalized spacial score (nSPS) is 20.5. The number of thioether (sulfide) groups is 1. The molecule has 9 heteroatoms. The van der Waals surface area contributed by atoms with E-state index in [0.717, 1.165) is 0 Å². The van der Waals surface area contributed by atoms with Gasteiger partial charge in [-0.1, -0.05) is 24.0 Å². The number of aromatic nitrogens is 3. The molecule has 2 aromatic heterocycles. The van der Waals surface area contributed by atoms with Crippen LogP contribution in [0.5, 0.6) is 0 Å². The van der Waals surface area contributed by atoms with E-state index in [2.05, 4.69) is 20.3 Å². The van der Waals surface area contributed by atoms with Gasteiger partial charge in [-0.05, 0) is 31.1 Å². The van der Waals surface area contributed by atoms with Gasteiger partial charge in [-0.3, -0.25) is 4.79 Å². The Morgan fingerprint density at radius 2 is 2.12 bits per heavy atom. The van der Waals surface area contributed by atoms with Crippen LogP contribution < -0.4 is 10.2 Å². The Balaban J connectivity index is 1.72. The second kappa shape index (κ2) is 6.64. The summed E-state index contributed by atoms with van der Waals surface area (Å²) in [4.78, 5) is 27.6. The Kier molecular flexibility index (Phi) is 4.34. The van der Waals surface area contributed by atoms with Crippen LogP contribution in [0.2, 0.25) is 0 Å². The molecule has 0 spiro atoms. The van der Waals surface area contributed by atoms with Crippen molar-refractivity contribution in [2.24, 2.45) is 0 Å². The van der Waals surface area contributed by atoms with E-state index in [1.165, 1.54) is 18.1 Å². The number of piperidine rings is 1. The predicted molar refractivity (Wildman–Crippen MR) is 100.0 cm³/mol. The van der Waals surface area contributed by atoms with E-state index in [4.69, 9.17) is 12.2 Å². The lowest BCUT2D eigenvalue weighted by Crippen LogP contribution is -2.35. The Morgan fingerprint density at radius 1 is 1.32 bits per heavy atom. The molecule has 0 radical (unpaired) electrons. The smallest absolute Gasteiger partial charge is 0.263 e. The summed E-state index contributed by atoms with van der Waals surface area (Å²) in [6.07, 6.45) is 3.42. The third-order valence-electron chi connectivity index (χ3n) is 4.13. The molecular formula is C16H14FN5OS2. The number of carbonyl (C=O) groups excluding carboxylic acids is 1. The first kappa shape index (κ1) is 16.3. The van der Waals surface area contributed by atoms with E-state index in [9.17, 15) is 9.18 Å². The summed E-state index contributed by atoms with van der Waals surface area (Å²) in [5.74, 6) is 0.489. The number of fused-ring (bicyclic) bond motifs is 1. The van der Waals surface area contributed by atoms with Crippen molar-refractivity contribution in [3.8, 4) is 0 Å². The Hall–Kier alpha value is -2.13. The van der Waals surface area contributed by atoms with Gasteiger partial charge in [0.05, 0.1) is 16.1 Å². The van der Waals surface area contributed by atoms with Crippen molar-refractivity contribution < 1.29 is 9.18 Å². The molecule has 0 saturated carbocycles. The van der Waals surface area contributed by atoms with Crippen molar-refractivity contribution in [1.29, 1.82) is 0 Å². The largest absolute Gasteiger partial charge is 0.354 e. The summed E-state index contributed by atoms with van der Waals surface area (Å²) in [5, 5.41) is 2.58. The van der Waals surface area contributed by atoms with E-state index in [1.54, 1.807) is 12.1 Å². The average Bonchev–Trinajstić information content (AvgIpc) is 2.92. The molecular weight excluding hydrogens is 361 g/mol. The predicted octanol–water partition coefficient (Wildman–Crippen LogP) is 2.45. The van der Waals surface area contributed by atoms with Crippen molar-refractivity contribution in [2.45, 2.75) is 19.0 Å². The molecule has 4 rings (SSSR count). The highest BCUT2D eigenvalue weighted by molar-refractivity contribution is 8.26. The highest BCUT2D eigenvalue weighted by Crippen LogP contribution is 2.28. The molecule has 2 aliphatic heterocycles. The Morgan fingerprint density at radius 3 is 2.84 bits per heavy atom. The van der Waals surface area contributed by atoms with Crippen LogP contribution in [0.25, 0.3) is 17.1 Å². The molecule has 2 aromatic rings. The van der Waals surface area contributed by atoms with Gasteiger partial charge in [-0.2, -0.15) is 0 Å². The van der Waals surface area contributed by atoms with Crippen LogP contribution in [0.1, 0.15) is 18.5 Å². The number of hydrogen-bond acceptors (Lipinski definition) is 7. The molecule has 6 nitrogen and oxygen atoms in total. The molecule has 0 unspecified atom stereocenters. The maximum Gasteiger partial charge on any atom is 0.263 e. The zero-order chi connectivity index (χ0) is 17.4. The van der Waals surface area contributed by atoms with Gasteiger partial charge in [-0.15, -0.1) is 0 Å². The van der Waals surface area contributed by atoms with Crippen molar-refractivity contribution in [3.05, 3.63) is 29.1 Å². The lowest BCUT2D eigenvalue weighted by Gasteiger charge is -2.29. The summed E-state index contributed by atoms with van der Waals surface area (Å²) in [6, 6.07) is 3.65. The fourth-order valence-corrected chi connectivity index (χ4v) is 3.90. The number of pyridine rings is 1. The highest BCUT2D eigenvalue weighted by Gasteiger charge is 2.23. The molecule has 0 atom stereocenters. The first-order valence-electron chi connectivity index (χ1n) is 7.86. The van der Waals surface area contributed by atoms with Crippen LogP contribution in [-0.4, -0.2) is 44.4 Å². The average molecular weight is 375 g/mol. The summed E-state index contributed by atoms with van der Waals surface area (Å²) in [5.41, 5.74) is 2.00. The van der Waals surface area contributed by atoms with E-state index >= 15 is 0 Å². The summed E-state index contributed by atoms with van der Waals surface area (Å²) < 4.78 is 13.9. The number of nitrogens with one attached hydrogen (secondary N) is 1. The topological polar surface area (TPSA) is 71.0 Å². The molecule has 1 amide bonds.